The molecule has 28 heavy (non-hydrogen) atoms. The molecule has 0 heterocycles. The zero-order chi connectivity index (χ0) is 19.9. The van der Waals surface area contributed by atoms with E-state index in [2.05, 4.69) is 74.4 Å². The molecule has 0 fully saturated rings. The minimum absolute atomic E-state index is 0.524. The van der Waals surface area contributed by atoms with Gasteiger partial charge in [-0.1, -0.05) is 45.8 Å². The van der Waals surface area contributed by atoms with Crippen molar-refractivity contribution in [3.05, 3.63) is 86.3 Å². The molecule has 0 aliphatic heterocycles. The van der Waals surface area contributed by atoms with Gasteiger partial charge in [-0.25, -0.2) is 0 Å². The predicted molar refractivity (Wildman–Crippen MR) is 122 cm³/mol. The summed E-state index contributed by atoms with van der Waals surface area (Å²) in [6.45, 7) is 5.91. The van der Waals surface area contributed by atoms with Gasteiger partial charge in [-0.15, -0.1) is 0 Å². The van der Waals surface area contributed by atoms with Gasteiger partial charge in [0.2, 0.25) is 0 Å². The van der Waals surface area contributed by atoms with Crippen molar-refractivity contribution in [3.8, 4) is 11.5 Å². The number of aryl methyl sites for hydroxylation is 1. The zero-order valence-electron chi connectivity index (χ0n) is 16.0. The van der Waals surface area contributed by atoms with Gasteiger partial charge >= 0.3 is 0 Å². The SMILES string of the molecule is CCOc1ccc(NCc2cc(Br)cc(Br)c2OCc2ccc(C)cc2)cc1. The highest BCUT2D eigenvalue weighted by atomic mass is 79.9. The summed E-state index contributed by atoms with van der Waals surface area (Å²) in [6.07, 6.45) is 0. The highest BCUT2D eigenvalue weighted by molar-refractivity contribution is 9.11. The van der Waals surface area contributed by atoms with Crippen molar-refractivity contribution in [2.24, 2.45) is 0 Å². The van der Waals surface area contributed by atoms with Crippen molar-refractivity contribution in [2.75, 3.05) is 11.9 Å². The summed E-state index contributed by atoms with van der Waals surface area (Å²) in [5.74, 6) is 1.72. The Morgan fingerprint density at radius 3 is 2.29 bits per heavy atom. The van der Waals surface area contributed by atoms with Gasteiger partial charge in [-0.3, -0.25) is 0 Å². The van der Waals surface area contributed by atoms with Crippen LogP contribution >= 0.6 is 31.9 Å². The number of nitrogens with one attached hydrogen (secondary N) is 1. The molecular formula is C23H23Br2NO2. The van der Waals surface area contributed by atoms with E-state index < -0.39 is 0 Å². The van der Waals surface area contributed by atoms with E-state index in [0.717, 1.165) is 37.3 Å². The smallest absolute Gasteiger partial charge is 0.139 e. The Bertz CT molecular complexity index is 909. The number of hydrogen-bond acceptors (Lipinski definition) is 3. The molecule has 146 valence electrons. The maximum atomic E-state index is 6.16. The molecule has 0 aliphatic carbocycles. The van der Waals surface area contributed by atoms with Crippen LogP contribution in [-0.4, -0.2) is 6.61 Å². The summed E-state index contributed by atoms with van der Waals surface area (Å²) in [5.41, 5.74) is 4.49. The number of anilines is 1. The summed E-state index contributed by atoms with van der Waals surface area (Å²) in [5, 5.41) is 3.45. The van der Waals surface area contributed by atoms with Gasteiger partial charge in [0.25, 0.3) is 0 Å². The largest absolute Gasteiger partial charge is 0.494 e. The van der Waals surface area contributed by atoms with Crippen molar-refractivity contribution in [2.45, 2.75) is 27.0 Å². The number of benzene rings is 3. The van der Waals surface area contributed by atoms with E-state index >= 15 is 0 Å². The monoisotopic (exact) mass is 503 g/mol. The van der Waals surface area contributed by atoms with Crippen LogP contribution in [0.2, 0.25) is 0 Å². The summed E-state index contributed by atoms with van der Waals surface area (Å²) >= 11 is 7.21. The fourth-order valence-corrected chi connectivity index (χ4v) is 4.21. The van der Waals surface area contributed by atoms with E-state index in [1.54, 1.807) is 0 Å². The van der Waals surface area contributed by atoms with Gasteiger partial charge in [-0.05, 0) is 71.7 Å². The van der Waals surface area contributed by atoms with Crippen LogP contribution in [0.15, 0.2) is 69.6 Å². The molecule has 5 heteroatoms. The minimum Gasteiger partial charge on any atom is -0.494 e. The lowest BCUT2D eigenvalue weighted by atomic mass is 10.1. The lowest BCUT2D eigenvalue weighted by molar-refractivity contribution is 0.301. The van der Waals surface area contributed by atoms with E-state index in [1.807, 2.05) is 37.3 Å². The highest BCUT2D eigenvalue weighted by Crippen LogP contribution is 2.34. The van der Waals surface area contributed by atoms with Gasteiger partial charge in [0.1, 0.15) is 18.1 Å². The van der Waals surface area contributed by atoms with Crippen LogP contribution in [0.5, 0.6) is 11.5 Å². The second kappa shape index (κ2) is 9.99. The minimum atomic E-state index is 0.524. The topological polar surface area (TPSA) is 30.5 Å². The standard InChI is InChI=1S/C23H23Br2NO2/c1-3-27-21-10-8-20(9-11-21)26-14-18-12-19(24)13-22(25)23(18)28-15-17-6-4-16(2)5-7-17/h4-13,26H,3,14-15H2,1-2H3. The van der Waals surface area contributed by atoms with Gasteiger partial charge < -0.3 is 14.8 Å². The zero-order valence-corrected chi connectivity index (χ0v) is 19.1. The Balaban J connectivity index is 1.71. The van der Waals surface area contributed by atoms with E-state index in [9.17, 15) is 0 Å². The Hall–Kier alpha value is -1.98. The van der Waals surface area contributed by atoms with Crippen LogP contribution in [0.3, 0.4) is 0 Å². The Kier molecular flexibility index (Phi) is 7.40. The van der Waals surface area contributed by atoms with Crippen LogP contribution in [0.4, 0.5) is 5.69 Å². The molecule has 0 amide bonds. The quantitative estimate of drug-likeness (QED) is 0.354. The number of hydrogen-bond donors (Lipinski definition) is 1. The lowest BCUT2D eigenvalue weighted by Crippen LogP contribution is -2.05. The first-order chi connectivity index (χ1) is 13.5. The van der Waals surface area contributed by atoms with Crippen LogP contribution in [0, 0.1) is 6.92 Å². The average Bonchev–Trinajstić information content (AvgIpc) is 2.68. The van der Waals surface area contributed by atoms with E-state index in [-0.39, 0.29) is 0 Å². The highest BCUT2D eigenvalue weighted by Gasteiger charge is 2.11. The molecule has 1 N–H and O–H groups in total. The fourth-order valence-electron chi connectivity index (χ4n) is 2.78. The first kappa shape index (κ1) is 20.7. The van der Waals surface area contributed by atoms with Crippen molar-refractivity contribution < 1.29 is 9.47 Å². The van der Waals surface area contributed by atoms with Crippen LogP contribution < -0.4 is 14.8 Å². The molecule has 3 nitrogen and oxygen atoms in total. The third kappa shape index (κ3) is 5.76. The fraction of sp³-hybridized carbons (Fsp3) is 0.217. The van der Waals surface area contributed by atoms with Gasteiger partial charge in [0.05, 0.1) is 11.1 Å². The summed E-state index contributed by atoms with van der Waals surface area (Å²) < 4.78 is 13.6. The second-order valence-corrected chi connectivity index (χ2v) is 8.23. The third-order valence-electron chi connectivity index (χ3n) is 4.24. The molecule has 0 unspecified atom stereocenters. The number of rotatable bonds is 8. The van der Waals surface area contributed by atoms with Gasteiger partial charge in [0.15, 0.2) is 0 Å². The number of halogens is 2. The molecule has 3 aromatic rings. The molecule has 0 saturated carbocycles. The Morgan fingerprint density at radius 2 is 1.61 bits per heavy atom. The molecular weight excluding hydrogens is 482 g/mol. The van der Waals surface area contributed by atoms with E-state index in [4.69, 9.17) is 9.47 Å². The summed E-state index contributed by atoms with van der Waals surface area (Å²) in [6, 6.07) is 20.5. The molecule has 0 aromatic heterocycles. The molecule has 0 bridgehead atoms. The van der Waals surface area contributed by atoms with Gasteiger partial charge in [0, 0.05) is 22.3 Å². The molecule has 0 spiro atoms. The lowest BCUT2D eigenvalue weighted by Gasteiger charge is -2.16. The molecule has 0 saturated heterocycles. The maximum absolute atomic E-state index is 6.16. The van der Waals surface area contributed by atoms with Crippen molar-refractivity contribution in [1.82, 2.24) is 0 Å². The predicted octanol–water partition coefficient (Wildman–Crippen LogP) is 7.11. The first-order valence-corrected chi connectivity index (χ1v) is 10.8. The van der Waals surface area contributed by atoms with Crippen LogP contribution in [0.25, 0.3) is 0 Å². The van der Waals surface area contributed by atoms with Crippen LogP contribution in [-0.2, 0) is 13.2 Å². The molecule has 0 aliphatic rings. The number of ether oxygens (including phenoxy) is 2. The molecule has 3 aromatic carbocycles. The van der Waals surface area contributed by atoms with Crippen molar-refractivity contribution >= 4 is 37.5 Å². The van der Waals surface area contributed by atoms with E-state index in [1.165, 1.54) is 5.56 Å². The van der Waals surface area contributed by atoms with Crippen molar-refractivity contribution in [3.63, 3.8) is 0 Å². The third-order valence-corrected chi connectivity index (χ3v) is 5.28. The Morgan fingerprint density at radius 1 is 0.893 bits per heavy atom. The van der Waals surface area contributed by atoms with Gasteiger partial charge in [-0.2, -0.15) is 0 Å². The second-order valence-electron chi connectivity index (χ2n) is 6.46. The average molecular weight is 505 g/mol. The summed E-state index contributed by atoms with van der Waals surface area (Å²) in [7, 11) is 0. The normalized spacial score (nSPS) is 10.6. The molecule has 0 atom stereocenters. The molecule has 0 radical (unpaired) electrons. The Labute approximate surface area is 183 Å². The van der Waals surface area contributed by atoms with Crippen LogP contribution in [0.1, 0.15) is 23.6 Å². The first-order valence-electron chi connectivity index (χ1n) is 9.18. The molecule has 3 rings (SSSR count). The van der Waals surface area contributed by atoms with Crippen molar-refractivity contribution in [1.29, 1.82) is 0 Å². The van der Waals surface area contributed by atoms with E-state index in [0.29, 0.717) is 19.8 Å². The maximum Gasteiger partial charge on any atom is 0.139 e. The summed E-state index contributed by atoms with van der Waals surface area (Å²) in [4.78, 5) is 0.